The van der Waals surface area contributed by atoms with E-state index in [2.05, 4.69) is 16.4 Å². The topological polar surface area (TPSA) is 60.5 Å². The Morgan fingerprint density at radius 2 is 2.00 bits per heavy atom. The fourth-order valence-corrected chi connectivity index (χ4v) is 4.13. The fraction of sp³-hybridized carbons (Fsp3) is 0.500. The molecular formula is C22H30FN3O2. The van der Waals surface area contributed by atoms with Gasteiger partial charge in [0.25, 0.3) is 5.91 Å². The molecule has 0 aliphatic carbocycles. The normalized spacial score (nSPS) is 15.1. The number of rotatable bonds is 8. The van der Waals surface area contributed by atoms with Crippen LogP contribution >= 0.6 is 0 Å². The van der Waals surface area contributed by atoms with Gasteiger partial charge in [0.2, 0.25) is 0 Å². The lowest BCUT2D eigenvalue weighted by atomic mass is 9.98. The van der Waals surface area contributed by atoms with Gasteiger partial charge in [0.05, 0.1) is 18.8 Å². The molecule has 1 amide bonds. The second kappa shape index (κ2) is 9.34. The summed E-state index contributed by atoms with van der Waals surface area (Å²) in [5.41, 5.74) is 9.71. The number of morpholine rings is 1. The van der Waals surface area contributed by atoms with Crippen molar-refractivity contribution in [3.8, 4) is 11.1 Å². The van der Waals surface area contributed by atoms with Crippen LogP contribution in [-0.2, 0) is 17.7 Å². The van der Waals surface area contributed by atoms with Gasteiger partial charge in [0.15, 0.2) is 0 Å². The molecule has 2 heterocycles. The van der Waals surface area contributed by atoms with E-state index in [1.165, 1.54) is 12.1 Å². The number of benzene rings is 1. The summed E-state index contributed by atoms with van der Waals surface area (Å²) in [4.78, 5) is 14.7. The highest BCUT2D eigenvalue weighted by molar-refractivity contribution is 6.02. The zero-order valence-corrected chi connectivity index (χ0v) is 16.8. The summed E-state index contributed by atoms with van der Waals surface area (Å²) >= 11 is 0. The summed E-state index contributed by atoms with van der Waals surface area (Å²) in [7, 11) is 0. The Labute approximate surface area is 166 Å². The molecule has 0 bridgehead atoms. The minimum Gasteiger partial charge on any atom is -0.379 e. The van der Waals surface area contributed by atoms with Crippen LogP contribution < -0.4 is 5.73 Å². The molecule has 0 radical (unpaired) electrons. The monoisotopic (exact) mass is 387 g/mol. The third-order valence-corrected chi connectivity index (χ3v) is 5.44. The second-order valence-electron chi connectivity index (χ2n) is 7.37. The first-order valence-electron chi connectivity index (χ1n) is 10.1. The van der Waals surface area contributed by atoms with E-state index in [0.717, 1.165) is 75.6 Å². The number of amides is 1. The summed E-state index contributed by atoms with van der Waals surface area (Å²) in [6.07, 6.45) is 2.73. The van der Waals surface area contributed by atoms with Crippen LogP contribution in [0.4, 0.5) is 4.39 Å². The van der Waals surface area contributed by atoms with Crippen molar-refractivity contribution in [1.29, 1.82) is 0 Å². The van der Waals surface area contributed by atoms with Crippen LogP contribution in [0, 0.1) is 12.7 Å². The minimum atomic E-state index is -0.457. The molecule has 0 atom stereocenters. The Kier molecular flexibility index (Phi) is 6.86. The van der Waals surface area contributed by atoms with Crippen LogP contribution in [0.1, 0.15) is 41.5 Å². The Morgan fingerprint density at radius 1 is 1.25 bits per heavy atom. The zero-order chi connectivity index (χ0) is 20.1. The molecule has 1 fully saturated rings. The van der Waals surface area contributed by atoms with Crippen LogP contribution in [0.2, 0.25) is 0 Å². The number of primary amides is 1. The van der Waals surface area contributed by atoms with E-state index in [9.17, 15) is 9.18 Å². The zero-order valence-electron chi connectivity index (χ0n) is 16.8. The van der Waals surface area contributed by atoms with E-state index in [0.29, 0.717) is 11.1 Å². The average molecular weight is 387 g/mol. The van der Waals surface area contributed by atoms with Gasteiger partial charge < -0.3 is 15.0 Å². The molecule has 3 rings (SSSR count). The molecule has 1 aliphatic rings. The molecule has 2 aromatic rings. The molecule has 5 nitrogen and oxygen atoms in total. The summed E-state index contributed by atoms with van der Waals surface area (Å²) in [5.74, 6) is -0.769. The summed E-state index contributed by atoms with van der Waals surface area (Å²) in [5, 5.41) is 0. The third-order valence-electron chi connectivity index (χ3n) is 5.44. The maximum absolute atomic E-state index is 13.9. The van der Waals surface area contributed by atoms with Crippen LogP contribution in [0.5, 0.6) is 0 Å². The number of ether oxygens (including phenoxy) is 1. The predicted octanol–water partition coefficient (Wildman–Crippen LogP) is 3.38. The SMILES string of the molecule is CCCc1c(-c2cccc(F)c2)c(C(N)=O)c(C)n1CCCN1CCOCC1. The van der Waals surface area contributed by atoms with Crippen molar-refractivity contribution >= 4 is 5.91 Å². The number of nitrogens with two attached hydrogens (primary N) is 1. The Bertz CT molecular complexity index is 825. The molecule has 152 valence electrons. The quantitative estimate of drug-likeness (QED) is 0.755. The van der Waals surface area contributed by atoms with Crippen molar-refractivity contribution < 1.29 is 13.9 Å². The Balaban J connectivity index is 1.94. The van der Waals surface area contributed by atoms with Gasteiger partial charge in [-0.25, -0.2) is 4.39 Å². The first-order valence-corrected chi connectivity index (χ1v) is 10.1. The van der Waals surface area contributed by atoms with Crippen LogP contribution in [0.3, 0.4) is 0 Å². The van der Waals surface area contributed by atoms with Gasteiger partial charge in [-0.2, -0.15) is 0 Å². The number of carbonyl (C=O) groups is 1. The molecule has 6 heteroatoms. The number of hydrogen-bond acceptors (Lipinski definition) is 3. The molecule has 1 saturated heterocycles. The van der Waals surface area contributed by atoms with E-state index in [4.69, 9.17) is 10.5 Å². The minimum absolute atomic E-state index is 0.312. The van der Waals surface area contributed by atoms with Crippen molar-refractivity contribution in [1.82, 2.24) is 9.47 Å². The van der Waals surface area contributed by atoms with Crippen LogP contribution in [-0.4, -0.2) is 48.2 Å². The van der Waals surface area contributed by atoms with Crippen LogP contribution in [0.25, 0.3) is 11.1 Å². The van der Waals surface area contributed by atoms with Crippen molar-refractivity contribution in [3.63, 3.8) is 0 Å². The standard InChI is InChI=1S/C22H30FN3O2/c1-3-6-19-21(17-7-4-8-18(23)15-17)20(22(24)27)16(2)26(19)10-5-9-25-11-13-28-14-12-25/h4,7-8,15H,3,5-6,9-14H2,1-2H3,(H2,24,27). The molecule has 0 spiro atoms. The molecule has 0 saturated carbocycles. The van der Waals surface area contributed by atoms with E-state index in [-0.39, 0.29) is 5.82 Å². The summed E-state index contributed by atoms with van der Waals surface area (Å²) < 4.78 is 21.5. The van der Waals surface area contributed by atoms with Crippen molar-refractivity contribution in [2.45, 2.75) is 39.7 Å². The molecule has 28 heavy (non-hydrogen) atoms. The van der Waals surface area contributed by atoms with E-state index < -0.39 is 5.91 Å². The highest BCUT2D eigenvalue weighted by Crippen LogP contribution is 2.34. The van der Waals surface area contributed by atoms with Gasteiger partial charge in [-0.1, -0.05) is 25.5 Å². The first-order chi connectivity index (χ1) is 13.5. The molecule has 1 aromatic carbocycles. The van der Waals surface area contributed by atoms with E-state index in [1.807, 2.05) is 13.0 Å². The van der Waals surface area contributed by atoms with Gasteiger partial charge in [-0.3, -0.25) is 9.69 Å². The lowest BCUT2D eigenvalue weighted by Gasteiger charge is -2.26. The number of carbonyl (C=O) groups excluding carboxylic acids is 1. The number of nitrogens with zero attached hydrogens (tertiary/aromatic N) is 2. The number of halogens is 1. The predicted molar refractivity (Wildman–Crippen MR) is 109 cm³/mol. The van der Waals surface area contributed by atoms with E-state index >= 15 is 0 Å². The molecule has 1 aromatic heterocycles. The third kappa shape index (κ3) is 4.45. The second-order valence-corrected chi connectivity index (χ2v) is 7.37. The summed E-state index contributed by atoms with van der Waals surface area (Å²) in [6.45, 7) is 9.37. The lowest BCUT2D eigenvalue weighted by molar-refractivity contribution is 0.0369. The van der Waals surface area contributed by atoms with Crippen molar-refractivity contribution in [2.24, 2.45) is 5.73 Å². The maximum atomic E-state index is 13.9. The van der Waals surface area contributed by atoms with Gasteiger partial charge in [-0.05, 0) is 37.5 Å². The average Bonchev–Trinajstić information content (AvgIpc) is 2.95. The fourth-order valence-electron chi connectivity index (χ4n) is 4.13. The lowest BCUT2D eigenvalue weighted by Crippen LogP contribution is -2.37. The Morgan fingerprint density at radius 3 is 2.64 bits per heavy atom. The molecular weight excluding hydrogens is 357 g/mol. The largest absolute Gasteiger partial charge is 0.379 e. The summed E-state index contributed by atoms with van der Waals surface area (Å²) in [6, 6.07) is 6.43. The molecule has 0 unspecified atom stereocenters. The highest BCUT2D eigenvalue weighted by atomic mass is 19.1. The first kappa shape index (κ1) is 20.6. The highest BCUT2D eigenvalue weighted by Gasteiger charge is 2.24. The van der Waals surface area contributed by atoms with Crippen molar-refractivity contribution in [3.05, 3.63) is 47.0 Å². The van der Waals surface area contributed by atoms with Gasteiger partial charge in [0.1, 0.15) is 5.82 Å². The van der Waals surface area contributed by atoms with Crippen molar-refractivity contribution in [2.75, 3.05) is 32.8 Å². The van der Waals surface area contributed by atoms with Gasteiger partial charge in [0, 0.05) is 43.1 Å². The van der Waals surface area contributed by atoms with E-state index in [1.54, 1.807) is 6.07 Å². The smallest absolute Gasteiger partial charge is 0.251 e. The van der Waals surface area contributed by atoms with Gasteiger partial charge >= 0.3 is 0 Å². The maximum Gasteiger partial charge on any atom is 0.251 e. The molecule has 1 aliphatic heterocycles. The number of aromatic nitrogens is 1. The Hall–Kier alpha value is -2.18. The van der Waals surface area contributed by atoms with Gasteiger partial charge in [-0.15, -0.1) is 0 Å². The molecule has 2 N–H and O–H groups in total. The van der Waals surface area contributed by atoms with Crippen LogP contribution in [0.15, 0.2) is 24.3 Å². The number of hydrogen-bond donors (Lipinski definition) is 1.